The Morgan fingerprint density at radius 2 is 1.86 bits per heavy atom. The minimum absolute atomic E-state index is 0.176. The van der Waals surface area contributed by atoms with Gasteiger partial charge in [0.2, 0.25) is 5.82 Å². The molecule has 0 aliphatic heterocycles. The lowest BCUT2D eigenvalue weighted by Crippen LogP contribution is -2.14. The smallest absolute Gasteiger partial charge is 0.268 e. The molecule has 22 heavy (non-hydrogen) atoms. The Balaban J connectivity index is 1.85. The highest BCUT2D eigenvalue weighted by atomic mass is 16.5. The number of ether oxygens (including phenoxy) is 1. The minimum atomic E-state index is -0.319. The quantitative estimate of drug-likeness (QED) is 0.719. The molecule has 1 unspecified atom stereocenters. The van der Waals surface area contributed by atoms with E-state index in [1.807, 2.05) is 44.2 Å². The van der Waals surface area contributed by atoms with E-state index in [4.69, 9.17) is 9.26 Å². The predicted molar refractivity (Wildman–Crippen MR) is 80.0 cm³/mol. The molecule has 0 aliphatic rings. The van der Waals surface area contributed by atoms with Gasteiger partial charge in [-0.15, -0.1) is 5.10 Å². The molecule has 0 radical (unpaired) electrons. The SMILES string of the molecule is CC(C)C(Oc1ccccc1)c1nc(-c2cccnn2)no1. The number of hydrogen-bond acceptors (Lipinski definition) is 6. The van der Waals surface area contributed by atoms with E-state index in [0.29, 0.717) is 17.4 Å². The zero-order valence-electron chi connectivity index (χ0n) is 12.4. The van der Waals surface area contributed by atoms with Crippen molar-refractivity contribution in [2.75, 3.05) is 0 Å². The second-order valence-corrected chi connectivity index (χ2v) is 5.16. The summed E-state index contributed by atoms with van der Waals surface area (Å²) in [6.07, 6.45) is 1.28. The monoisotopic (exact) mass is 296 g/mol. The van der Waals surface area contributed by atoms with Crippen molar-refractivity contribution in [3.05, 3.63) is 54.6 Å². The molecule has 3 rings (SSSR count). The van der Waals surface area contributed by atoms with Crippen molar-refractivity contribution in [1.82, 2.24) is 20.3 Å². The number of para-hydroxylation sites is 1. The van der Waals surface area contributed by atoms with Gasteiger partial charge in [-0.1, -0.05) is 37.2 Å². The van der Waals surface area contributed by atoms with Crippen molar-refractivity contribution in [3.8, 4) is 17.3 Å². The maximum atomic E-state index is 5.98. The highest BCUT2D eigenvalue weighted by molar-refractivity contribution is 5.46. The van der Waals surface area contributed by atoms with Gasteiger partial charge in [0.1, 0.15) is 11.4 Å². The lowest BCUT2D eigenvalue weighted by Gasteiger charge is -2.18. The summed E-state index contributed by atoms with van der Waals surface area (Å²) in [5, 5.41) is 11.8. The third-order valence-corrected chi connectivity index (χ3v) is 3.10. The van der Waals surface area contributed by atoms with Gasteiger partial charge in [0.25, 0.3) is 5.89 Å². The van der Waals surface area contributed by atoms with E-state index < -0.39 is 0 Å². The van der Waals surface area contributed by atoms with Gasteiger partial charge in [-0.2, -0.15) is 10.1 Å². The van der Waals surface area contributed by atoms with Crippen LogP contribution in [0.3, 0.4) is 0 Å². The molecule has 6 heteroatoms. The van der Waals surface area contributed by atoms with E-state index in [1.54, 1.807) is 18.3 Å². The van der Waals surface area contributed by atoms with Gasteiger partial charge < -0.3 is 9.26 Å². The topological polar surface area (TPSA) is 73.9 Å². The molecule has 112 valence electrons. The van der Waals surface area contributed by atoms with Crippen LogP contribution in [0.25, 0.3) is 11.5 Å². The Hall–Kier alpha value is -2.76. The van der Waals surface area contributed by atoms with Crippen molar-refractivity contribution in [1.29, 1.82) is 0 Å². The molecule has 0 spiro atoms. The molecule has 0 N–H and O–H groups in total. The highest BCUT2D eigenvalue weighted by Gasteiger charge is 2.25. The Bertz CT molecular complexity index is 713. The van der Waals surface area contributed by atoms with Crippen LogP contribution in [0.5, 0.6) is 5.75 Å². The van der Waals surface area contributed by atoms with Crippen LogP contribution in [0.2, 0.25) is 0 Å². The standard InChI is InChI=1S/C16H16N4O2/c1-11(2)14(21-12-7-4-3-5-8-12)16-18-15(20-22-16)13-9-6-10-17-19-13/h3-11,14H,1-2H3. The fourth-order valence-corrected chi connectivity index (χ4v) is 1.99. The van der Waals surface area contributed by atoms with Crippen LogP contribution in [-0.2, 0) is 0 Å². The van der Waals surface area contributed by atoms with Crippen LogP contribution in [0, 0.1) is 5.92 Å². The maximum Gasteiger partial charge on any atom is 0.268 e. The summed E-state index contributed by atoms with van der Waals surface area (Å²) in [4.78, 5) is 4.39. The second kappa shape index (κ2) is 6.34. The number of benzene rings is 1. The zero-order valence-corrected chi connectivity index (χ0v) is 12.4. The van der Waals surface area contributed by atoms with Crippen LogP contribution < -0.4 is 4.74 Å². The molecule has 6 nitrogen and oxygen atoms in total. The lowest BCUT2D eigenvalue weighted by atomic mass is 10.1. The van der Waals surface area contributed by atoms with Gasteiger partial charge in [-0.3, -0.25) is 0 Å². The third-order valence-electron chi connectivity index (χ3n) is 3.10. The van der Waals surface area contributed by atoms with E-state index in [-0.39, 0.29) is 12.0 Å². The number of hydrogen-bond donors (Lipinski definition) is 0. The molecule has 2 heterocycles. The summed E-state index contributed by atoms with van der Waals surface area (Å²) in [7, 11) is 0. The summed E-state index contributed by atoms with van der Waals surface area (Å²) in [6.45, 7) is 4.08. The van der Waals surface area contributed by atoms with Crippen molar-refractivity contribution >= 4 is 0 Å². The molecule has 1 atom stereocenters. The Morgan fingerprint density at radius 3 is 2.55 bits per heavy atom. The van der Waals surface area contributed by atoms with Gasteiger partial charge in [-0.05, 0) is 30.2 Å². The van der Waals surface area contributed by atoms with Gasteiger partial charge >= 0.3 is 0 Å². The molecular formula is C16H16N4O2. The van der Waals surface area contributed by atoms with Gasteiger partial charge in [-0.25, -0.2) is 0 Å². The van der Waals surface area contributed by atoms with Crippen molar-refractivity contribution in [3.63, 3.8) is 0 Å². The molecule has 0 aliphatic carbocycles. The van der Waals surface area contributed by atoms with Crippen molar-refractivity contribution in [2.24, 2.45) is 5.92 Å². The van der Waals surface area contributed by atoms with Crippen LogP contribution in [-0.4, -0.2) is 20.3 Å². The highest BCUT2D eigenvalue weighted by Crippen LogP contribution is 2.28. The summed E-state index contributed by atoms with van der Waals surface area (Å²) >= 11 is 0. The Kier molecular flexibility index (Phi) is 4.09. The van der Waals surface area contributed by atoms with E-state index in [0.717, 1.165) is 5.75 Å². The van der Waals surface area contributed by atoms with Crippen molar-refractivity contribution < 1.29 is 9.26 Å². The fraction of sp³-hybridized carbons (Fsp3) is 0.250. The van der Waals surface area contributed by atoms with Crippen LogP contribution in [0.15, 0.2) is 53.2 Å². The largest absolute Gasteiger partial charge is 0.480 e. The first kappa shape index (κ1) is 14.2. The molecule has 0 saturated heterocycles. The fourth-order valence-electron chi connectivity index (χ4n) is 1.99. The molecule has 0 saturated carbocycles. The average molecular weight is 296 g/mol. The molecule has 0 bridgehead atoms. The summed E-state index contributed by atoms with van der Waals surface area (Å²) in [5.74, 6) is 1.78. The normalized spacial score (nSPS) is 12.3. The molecular weight excluding hydrogens is 280 g/mol. The number of nitrogens with zero attached hydrogens (tertiary/aromatic N) is 4. The zero-order chi connectivity index (χ0) is 15.4. The first-order chi connectivity index (χ1) is 10.7. The molecule has 2 aromatic heterocycles. The van der Waals surface area contributed by atoms with Crippen molar-refractivity contribution in [2.45, 2.75) is 20.0 Å². The molecule has 0 fully saturated rings. The van der Waals surface area contributed by atoms with E-state index in [1.165, 1.54) is 0 Å². The first-order valence-corrected chi connectivity index (χ1v) is 7.07. The number of rotatable bonds is 5. The molecule has 3 aromatic rings. The molecule has 1 aromatic carbocycles. The second-order valence-electron chi connectivity index (χ2n) is 5.16. The lowest BCUT2D eigenvalue weighted by molar-refractivity contribution is 0.114. The van der Waals surface area contributed by atoms with E-state index in [2.05, 4.69) is 20.3 Å². The van der Waals surface area contributed by atoms with Gasteiger partial charge in [0.05, 0.1) is 0 Å². The predicted octanol–water partition coefficient (Wildman–Crippen LogP) is 3.30. The number of aromatic nitrogens is 4. The first-order valence-electron chi connectivity index (χ1n) is 7.07. The molecule has 0 amide bonds. The Labute approximate surface area is 128 Å². The maximum absolute atomic E-state index is 5.98. The summed E-state index contributed by atoms with van der Waals surface area (Å²) in [5.41, 5.74) is 0.569. The van der Waals surface area contributed by atoms with E-state index in [9.17, 15) is 0 Å². The van der Waals surface area contributed by atoms with Crippen LogP contribution in [0.4, 0.5) is 0 Å². The van der Waals surface area contributed by atoms with E-state index >= 15 is 0 Å². The Morgan fingerprint density at radius 1 is 1.05 bits per heavy atom. The van der Waals surface area contributed by atoms with Gasteiger partial charge in [0, 0.05) is 6.20 Å². The summed E-state index contributed by atoms with van der Waals surface area (Å²) < 4.78 is 11.3. The van der Waals surface area contributed by atoms with Crippen LogP contribution in [0.1, 0.15) is 25.8 Å². The third kappa shape index (κ3) is 3.11. The minimum Gasteiger partial charge on any atom is -0.480 e. The van der Waals surface area contributed by atoms with Crippen LogP contribution >= 0.6 is 0 Å². The van der Waals surface area contributed by atoms with Gasteiger partial charge in [0.15, 0.2) is 6.10 Å². The average Bonchev–Trinajstić information content (AvgIpc) is 3.04. The summed E-state index contributed by atoms with van der Waals surface area (Å²) in [6, 6.07) is 13.1.